The molecule has 0 saturated carbocycles. The molecule has 0 saturated heterocycles. The molecule has 0 spiro atoms. The van der Waals surface area contributed by atoms with Gasteiger partial charge in [-0.3, -0.25) is 4.79 Å². The molecule has 0 heterocycles. The van der Waals surface area contributed by atoms with E-state index < -0.39 is 15.9 Å². The first-order valence-electron chi connectivity index (χ1n) is 10.1. The molecule has 0 aromatic heterocycles. The molecule has 7 heteroatoms. The highest BCUT2D eigenvalue weighted by molar-refractivity contribution is 7.89. The topological polar surface area (TPSA) is 84.5 Å². The van der Waals surface area contributed by atoms with E-state index in [1.54, 1.807) is 12.1 Å². The van der Waals surface area contributed by atoms with E-state index in [4.69, 9.17) is 4.74 Å². The van der Waals surface area contributed by atoms with Crippen molar-refractivity contribution < 1.29 is 17.9 Å². The zero-order valence-electron chi connectivity index (χ0n) is 17.3. The van der Waals surface area contributed by atoms with Crippen LogP contribution < -0.4 is 14.8 Å². The molecule has 0 aliphatic rings. The minimum atomic E-state index is -3.67. The molecule has 0 unspecified atom stereocenters. The maximum Gasteiger partial charge on any atom is 0.240 e. The number of benzene rings is 3. The van der Waals surface area contributed by atoms with E-state index in [1.807, 2.05) is 67.6 Å². The summed E-state index contributed by atoms with van der Waals surface area (Å²) in [7, 11) is -3.67. The van der Waals surface area contributed by atoms with E-state index >= 15 is 0 Å². The summed E-state index contributed by atoms with van der Waals surface area (Å²) in [4.78, 5) is 13.1. The summed E-state index contributed by atoms with van der Waals surface area (Å²) in [6.07, 6.45) is 0. The van der Waals surface area contributed by atoms with Gasteiger partial charge < -0.3 is 10.1 Å². The molecular weight excluding hydrogens is 412 g/mol. The molecule has 31 heavy (non-hydrogen) atoms. The van der Waals surface area contributed by atoms with Crippen molar-refractivity contribution in [2.75, 3.05) is 19.7 Å². The summed E-state index contributed by atoms with van der Waals surface area (Å²) in [6.45, 7) is 2.63. The Morgan fingerprint density at radius 3 is 1.90 bits per heavy atom. The standard InChI is InChI=1S/C24H26N2O4S/c1-2-30-21-13-15-22(16-14-21)31(28,29)26-18-17-25-24(27)23(19-9-5-3-6-10-19)20-11-7-4-8-12-20/h3-16,23,26H,2,17-18H2,1H3,(H,25,27). The van der Waals surface area contributed by atoms with Crippen molar-refractivity contribution in [1.82, 2.24) is 10.0 Å². The third-order valence-electron chi connectivity index (χ3n) is 4.69. The number of carbonyl (C=O) groups is 1. The number of nitrogens with one attached hydrogen (secondary N) is 2. The van der Waals surface area contributed by atoms with Crippen molar-refractivity contribution in [3.05, 3.63) is 96.1 Å². The van der Waals surface area contributed by atoms with Gasteiger partial charge in [-0.2, -0.15) is 0 Å². The van der Waals surface area contributed by atoms with Crippen LogP contribution in [0.5, 0.6) is 5.75 Å². The van der Waals surface area contributed by atoms with Gasteiger partial charge in [-0.15, -0.1) is 0 Å². The third kappa shape index (κ3) is 6.16. The Kier molecular flexibility index (Phi) is 7.81. The van der Waals surface area contributed by atoms with E-state index in [2.05, 4.69) is 10.0 Å². The van der Waals surface area contributed by atoms with Crippen LogP contribution in [0.1, 0.15) is 24.0 Å². The highest BCUT2D eigenvalue weighted by Gasteiger charge is 2.22. The quantitative estimate of drug-likeness (QED) is 0.476. The van der Waals surface area contributed by atoms with E-state index in [0.717, 1.165) is 11.1 Å². The first kappa shape index (κ1) is 22.5. The number of sulfonamides is 1. The predicted molar refractivity (Wildman–Crippen MR) is 121 cm³/mol. The SMILES string of the molecule is CCOc1ccc(S(=O)(=O)NCCNC(=O)C(c2ccccc2)c2ccccc2)cc1. The summed E-state index contributed by atoms with van der Waals surface area (Å²) in [5.74, 6) is -0.0376. The Morgan fingerprint density at radius 1 is 0.839 bits per heavy atom. The smallest absolute Gasteiger partial charge is 0.240 e. The van der Waals surface area contributed by atoms with Crippen molar-refractivity contribution in [3.63, 3.8) is 0 Å². The average Bonchev–Trinajstić information content (AvgIpc) is 2.79. The lowest BCUT2D eigenvalue weighted by molar-refractivity contribution is -0.121. The lowest BCUT2D eigenvalue weighted by atomic mass is 9.90. The van der Waals surface area contributed by atoms with Crippen molar-refractivity contribution in [1.29, 1.82) is 0 Å². The molecule has 0 bridgehead atoms. The fraction of sp³-hybridized carbons (Fsp3) is 0.208. The number of ether oxygens (including phenoxy) is 1. The largest absolute Gasteiger partial charge is 0.494 e. The van der Waals surface area contributed by atoms with Crippen molar-refractivity contribution >= 4 is 15.9 Å². The van der Waals surface area contributed by atoms with Gasteiger partial charge in [0, 0.05) is 13.1 Å². The monoisotopic (exact) mass is 438 g/mol. The van der Waals surface area contributed by atoms with Gasteiger partial charge in [0.2, 0.25) is 15.9 Å². The number of rotatable bonds is 10. The van der Waals surface area contributed by atoms with Crippen LogP contribution >= 0.6 is 0 Å². The molecule has 3 rings (SSSR count). The number of hydrogen-bond donors (Lipinski definition) is 2. The highest BCUT2D eigenvalue weighted by atomic mass is 32.2. The van der Waals surface area contributed by atoms with Crippen LogP contribution in [0.3, 0.4) is 0 Å². The van der Waals surface area contributed by atoms with Gasteiger partial charge >= 0.3 is 0 Å². The van der Waals surface area contributed by atoms with Crippen LogP contribution in [0, 0.1) is 0 Å². The molecule has 0 fully saturated rings. The van der Waals surface area contributed by atoms with Gasteiger partial charge in [0.15, 0.2) is 0 Å². The van der Waals surface area contributed by atoms with Crippen LogP contribution in [0.15, 0.2) is 89.8 Å². The molecule has 0 aliphatic carbocycles. The van der Waals surface area contributed by atoms with Crippen molar-refractivity contribution in [2.24, 2.45) is 0 Å². The van der Waals surface area contributed by atoms with E-state index in [-0.39, 0.29) is 23.9 Å². The van der Waals surface area contributed by atoms with Crippen LogP contribution in [0.4, 0.5) is 0 Å². The van der Waals surface area contributed by atoms with Gasteiger partial charge in [0.05, 0.1) is 17.4 Å². The van der Waals surface area contributed by atoms with Gasteiger partial charge in [0.1, 0.15) is 5.75 Å². The van der Waals surface area contributed by atoms with E-state index in [0.29, 0.717) is 12.4 Å². The minimum Gasteiger partial charge on any atom is -0.494 e. The molecule has 3 aromatic carbocycles. The number of hydrogen-bond acceptors (Lipinski definition) is 4. The number of amides is 1. The third-order valence-corrected chi connectivity index (χ3v) is 6.17. The summed E-state index contributed by atoms with van der Waals surface area (Å²) in [5, 5.41) is 2.84. The van der Waals surface area contributed by atoms with Crippen molar-refractivity contribution in [2.45, 2.75) is 17.7 Å². The molecular formula is C24H26N2O4S. The second-order valence-corrected chi connectivity index (χ2v) is 8.61. The Labute approximate surface area is 183 Å². The molecule has 1 amide bonds. The number of carbonyl (C=O) groups excluding carboxylic acids is 1. The Morgan fingerprint density at radius 2 is 1.39 bits per heavy atom. The Balaban J connectivity index is 1.60. The van der Waals surface area contributed by atoms with Crippen LogP contribution in [0.2, 0.25) is 0 Å². The zero-order chi connectivity index (χ0) is 22.1. The summed E-state index contributed by atoms with van der Waals surface area (Å²) >= 11 is 0. The first-order chi connectivity index (χ1) is 15.0. The maximum absolute atomic E-state index is 12.9. The van der Waals surface area contributed by atoms with Crippen LogP contribution in [-0.2, 0) is 14.8 Å². The average molecular weight is 439 g/mol. The van der Waals surface area contributed by atoms with Gasteiger partial charge in [-0.25, -0.2) is 13.1 Å². The molecule has 0 radical (unpaired) electrons. The first-order valence-corrected chi connectivity index (χ1v) is 11.6. The molecule has 0 aliphatic heterocycles. The lowest BCUT2D eigenvalue weighted by Crippen LogP contribution is -2.37. The molecule has 6 nitrogen and oxygen atoms in total. The van der Waals surface area contributed by atoms with Gasteiger partial charge in [0.25, 0.3) is 0 Å². The predicted octanol–water partition coefficient (Wildman–Crippen LogP) is 3.31. The molecule has 0 atom stereocenters. The second-order valence-electron chi connectivity index (χ2n) is 6.85. The van der Waals surface area contributed by atoms with E-state index in [9.17, 15) is 13.2 Å². The Hall–Kier alpha value is -3.16. The minimum absolute atomic E-state index is 0.0809. The summed E-state index contributed by atoms with van der Waals surface area (Å²) in [5.41, 5.74) is 1.75. The highest BCUT2D eigenvalue weighted by Crippen LogP contribution is 2.24. The van der Waals surface area contributed by atoms with E-state index in [1.165, 1.54) is 12.1 Å². The summed E-state index contributed by atoms with van der Waals surface area (Å²) < 4.78 is 32.8. The van der Waals surface area contributed by atoms with Gasteiger partial charge in [-0.05, 0) is 42.3 Å². The van der Waals surface area contributed by atoms with Crippen LogP contribution in [0.25, 0.3) is 0 Å². The molecule has 162 valence electrons. The fourth-order valence-corrected chi connectivity index (χ4v) is 4.26. The molecule has 3 aromatic rings. The van der Waals surface area contributed by atoms with Crippen LogP contribution in [-0.4, -0.2) is 34.0 Å². The normalized spacial score (nSPS) is 11.3. The van der Waals surface area contributed by atoms with Gasteiger partial charge in [-0.1, -0.05) is 60.7 Å². The molecule has 2 N–H and O–H groups in total. The van der Waals surface area contributed by atoms with Crippen molar-refractivity contribution in [3.8, 4) is 5.75 Å². The zero-order valence-corrected chi connectivity index (χ0v) is 18.1. The Bertz CT molecular complexity index is 1030. The lowest BCUT2D eigenvalue weighted by Gasteiger charge is -2.18. The fourth-order valence-electron chi connectivity index (χ4n) is 3.22. The maximum atomic E-state index is 12.9. The second kappa shape index (κ2) is 10.7. The summed E-state index contributed by atoms with van der Waals surface area (Å²) in [6, 6.07) is 25.2.